The van der Waals surface area contributed by atoms with Gasteiger partial charge in [0, 0.05) is 11.4 Å². The fraction of sp³-hybridized carbons (Fsp3) is 0.0909. The Morgan fingerprint density at radius 3 is 3.00 bits per heavy atom. The van der Waals surface area contributed by atoms with Crippen molar-refractivity contribution in [2.75, 3.05) is 11.1 Å². The second-order valence-electron chi connectivity index (χ2n) is 3.39. The van der Waals surface area contributed by atoms with Crippen molar-refractivity contribution < 1.29 is 4.79 Å². The minimum Gasteiger partial charge on any atom is -0.399 e. The molecule has 2 aromatic rings. The van der Waals surface area contributed by atoms with Crippen molar-refractivity contribution in [1.29, 1.82) is 0 Å². The van der Waals surface area contributed by atoms with Crippen molar-refractivity contribution in [1.82, 2.24) is 4.98 Å². The number of anilines is 2. The van der Waals surface area contributed by atoms with Gasteiger partial charge < -0.3 is 11.1 Å². The minimum absolute atomic E-state index is 0.156. The van der Waals surface area contributed by atoms with Gasteiger partial charge in [0.15, 0.2) is 0 Å². The SMILES string of the molecule is Cc1ccc(N)cc1NC(=O)c1cncs1. The van der Waals surface area contributed by atoms with E-state index in [1.54, 1.807) is 23.8 Å². The maximum absolute atomic E-state index is 11.8. The summed E-state index contributed by atoms with van der Waals surface area (Å²) in [5, 5.41) is 2.80. The first kappa shape index (κ1) is 10.6. The van der Waals surface area contributed by atoms with Gasteiger partial charge in [0.2, 0.25) is 0 Å². The molecule has 16 heavy (non-hydrogen) atoms. The number of amides is 1. The number of aromatic nitrogens is 1. The Bertz CT molecular complexity index is 508. The first-order chi connectivity index (χ1) is 7.66. The van der Waals surface area contributed by atoms with Gasteiger partial charge in [-0.05, 0) is 24.6 Å². The number of carbonyl (C=O) groups is 1. The molecule has 0 radical (unpaired) electrons. The standard InChI is InChI=1S/C11H11N3OS/c1-7-2-3-8(12)4-9(7)14-11(15)10-5-13-6-16-10/h2-6H,12H2,1H3,(H,14,15). The lowest BCUT2D eigenvalue weighted by Gasteiger charge is -2.07. The van der Waals surface area contributed by atoms with E-state index in [4.69, 9.17) is 5.73 Å². The summed E-state index contributed by atoms with van der Waals surface area (Å²) in [6.45, 7) is 1.92. The van der Waals surface area contributed by atoms with Crippen molar-refractivity contribution >= 4 is 28.6 Å². The van der Waals surface area contributed by atoms with E-state index in [1.165, 1.54) is 11.3 Å². The second-order valence-corrected chi connectivity index (χ2v) is 4.28. The second kappa shape index (κ2) is 4.32. The normalized spacial score (nSPS) is 10.1. The molecule has 1 aromatic heterocycles. The number of nitrogens with two attached hydrogens (primary N) is 1. The Labute approximate surface area is 97.1 Å². The van der Waals surface area contributed by atoms with Gasteiger partial charge in [-0.1, -0.05) is 6.07 Å². The fourth-order valence-electron chi connectivity index (χ4n) is 1.29. The van der Waals surface area contributed by atoms with Gasteiger partial charge in [0.05, 0.1) is 11.7 Å². The number of carbonyl (C=O) groups excluding carboxylic acids is 1. The molecular formula is C11H11N3OS. The number of benzene rings is 1. The molecule has 0 bridgehead atoms. The molecule has 0 saturated carbocycles. The van der Waals surface area contributed by atoms with Gasteiger partial charge in [0.1, 0.15) is 4.88 Å². The van der Waals surface area contributed by atoms with Crippen LogP contribution in [0.1, 0.15) is 15.2 Å². The van der Waals surface area contributed by atoms with E-state index < -0.39 is 0 Å². The Kier molecular flexibility index (Phi) is 2.87. The number of nitrogens with one attached hydrogen (secondary N) is 1. The molecule has 0 aliphatic rings. The number of hydrogen-bond donors (Lipinski definition) is 2. The zero-order valence-corrected chi connectivity index (χ0v) is 9.54. The van der Waals surface area contributed by atoms with Gasteiger partial charge in [-0.3, -0.25) is 9.78 Å². The van der Waals surface area contributed by atoms with Crippen molar-refractivity contribution in [3.05, 3.63) is 40.3 Å². The molecule has 0 spiro atoms. The van der Waals surface area contributed by atoms with Crippen molar-refractivity contribution in [3.8, 4) is 0 Å². The number of hydrogen-bond acceptors (Lipinski definition) is 4. The van der Waals surface area contributed by atoms with Crippen molar-refractivity contribution in [2.45, 2.75) is 6.92 Å². The van der Waals surface area contributed by atoms with Crippen LogP contribution in [0.15, 0.2) is 29.9 Å². The minimum atomic E-state index is -0.156. The molecule has 1 heterocycles. The molecular weight excluding hydrogens is 222 g/mol. The van der Waals surface area contributed by atoms with E-state index in [-0.39, 0.29) is 5.91 Å². The predicted molar refractivity (Wildman–Crippen MR) is 65.7 cm³/mol. The molecule has 1 amide bonds. The Morgan fingerprint density at radius 2 is 2.31 bits per heavy atom. The van der Waals surface area contributed by atoms with Crippen LogP contribution in [0.4, 0.5) is 11.4 Å². The molecule has 0 fully saturated rings. The van der Waals surface area contributed by atoms with Gasteiger partial charge in [-0.15, -0.1) is 11.3 Å². The van der Waals surface area contributed by atoms with E-state index >= 15 is 0 Å². The van der Waals surface area contributed by atoms with Gasteiger partial charge >= 0.3 is 0 Å². The molecule has 2 rings (SSSR count). The Morgan fingerprint density at radius 1 is 1.50 bits per heavy atom. The molecule has 0 saturated heterocycles. The zero-order chi connectivity index (χ0) is 11.5. The number of rotatable bonds is 2. The maximum atomic E-state index is 11.8. The molecule has 5 heteroatoms. The van der Waals surface area contributed by atoms with E-state index in [9.17, 15) is 4.79 Å². The first-order valence-corrected chi connectivity index (χ1v) is 5.61. The molecule has 1 aromatic carbocycles. The monoisotopic (exact) mass is 233 g/mol. The van der Waals surface area contributed by atoms with E-state index in [0.29, 0.717) is 10.6 Å². The van der Waals surface area contributed by atoms with E-state index in [0.717, 1.165) is 11.3 Å². The van der Waals surface area contributed by atoms with Gasteiger partial charge in [-0.25, -0.2) is 0 Å². The lowest BCUT2D eigenvalue weighted by Crippen LogP contribution is -2.11. The molecule has 0 unspecified atom stereocenters. The third-order valence-electron chi connectivity index (χ3n) is 2.17. The molecule has 3 N–H and O–H groups in total. The highest BCUT2D eigenvalue weighted by atomic mass is 32.1. The quantitative estimate of drug-likeness (QED) is 0.782. The highest BCUT2D eigenvalue weighted by molar-refractivity contribution is 7.11. The molecule has 4 nitrogen and oxygen atoms in total. The summed E-state index contributed by atoms with van der Waals surface area (Å²) in [4.78, 5) is 16.2. The third-order valence-corrected chi connectivity index (χ3v) is 2.94. The Hall–Kier alpha value is -1.88. The summed E-state index contributed by atoms with van der Waals surface area (Å²) < 4.78 is 0. The average Bonchev–Trinajstić information content (AvgIpc) is 2.76. The van der Waals surface area contributed by atoms with Crippen LogP contribution in [-0.2, 0) is 0 Å². The number of nitrogens with zero attached hydrogens (tertiary/aromatic N) is 1. The van der Waals surface area contributed by atoms with Crippen LogP contribution in [0.2, 0.25) is 0 Å². The summed E-state index contributed by atoms with van der Waals surface area (Å²) >= 11 is 1.31. The van der Waals surface area contributed by atoms with Gasteiger partial charge in [0.25, 0.3) is 5.91 Å². The summed E-state index contributed by atoms with van der Waals surface area (Å²) in [5.41, 5.74) is 9.63. The number of thiazole rings is 1. The largest absolute Gasteiger partial charge is 0.399 e. The average molecular weight is 233 g/mol. The lowest BCUT2D eigenvalue weighted by atomic mass is 10.2. The predicted octanol–water partition coefficient (Wildman–Crippen LogP) is 2.29. The van der Waals surface area contributed by atoms with Crippen LogP contribution in [-0.4, -0.2) is 10.9 Å². The summed E-state index contributed by atoms with van der Waals surface area (Å²) in [6.07, 6.45) is 1.54. The van der Waals surface area contributed by atoms with Crippen LogP contribution < -0.4 is 11.1 Å². The first-order valence-electron chi connectivity index (χ1n) is 4.73. The molecule has 0 atom stereocenters. The highest BCUT2D eigenvalue weighted by Crippen LogP contribution is 2.19. The topological polar surface area (TPSA) is 68.0 Å². The Balaban J connectivity index is 2.21. The fourth-order valence-corrected chi connectivity index (χ4v) is 1.80. The van der Waals surface area contributed by atoms with Crippen molar-refractivity contribution in [3.63, 3.8) is 0 Å². The molecule has 0 aliphatic carbocycles. The van der Waals surface area contributed by atoms with Crippen LogP contribution >= 0.6 is 11.3 Å². The molecule has 0 aliphatic heterocycles. The highest BCUT2D eigenvalue weighted by Gasteiger charge is 2.08. The third kappa shape index (κ3) is 2.20. The summed E-state index contributed by atoms with van der Waals surface area (Å²) in [7, 11) is 0. The van der Waals surface area contributed by atoms with E-state index in [2.05, 4.69) is 10.3 Å². The van der Waals surface area contributed by atoms with E-state index in [1.807, 2.05) is 13.0 Å². The number of aryl methyl sites for hydroxylation is 1. The van der Waals surface area contributed by atoms with Crippen LogP contribution in [0, 0.1) is 6.92 Å². The summed E-state index contributed by atoms with van der Waals surface area (Å²) in [5.74, 6) is -0.156. The molecule has 82 valence electrons. The number of nitrogen functional groups attached to an aromatic ring is 1. The van der Waals surface area contributed by atoms with Crippen LogP contribution in [0.3, 0.4) is 0 Å². The van der Waals surface area contributed by atoms with Crippen LogP contribution in [0.25, 0.3) is 0 Å². The summed E-state index contributed by atoms with van der Waals surface area (Å²) in [6, 6.07) is 5.42. The zero-order valence-electron chi connectivity index (χ0n) is 8.73. The van der Waals surface area contributed by atoms with Gasteiger partial charge in [-0.2, -0.15) is 0 Å². The lowest BCUT2D eigenvalue weighted by molar-refractivity contribution is 0.103. The van der Waals surface area contributed by atoms with Crippen molar-refractivity contribution in [2.24, 2.45) is 0 Å². The maximum Gasteiger partial charge on any atom is 0.267 e. The van der Waals surface area contributed by atoms with Crippen LogP contribution in [0.5, 0.6) is 0 Å². The smallest absolute Gasteiger partial charge is 0.267 e.